The lowest BCUT2D eigenvalue weighted by Gasteiger charge is -2.16. The van der Waals surface area contributed by atoms with Crippen molar-refractivity contribution in [3.8, 4) is 11.5 Å². The van der Waals surface area contributed by atoms with E-state index in [1.54, 1.807) is 31.4 Å². The van der Waals surface area contributed by atoms with Crippen molar-refractivity contribution in [1.29, 1.82) is 0 Å². The summed E-state index contributed by atoms with van der Waals surface area (Å²) in [7, 11) is 1.55. The van der Waals surface area contributed by atoms with E-state index in [2.05, 4.69) is 5.32 Å². The van der Waals surface area contributed by atoms with E-state index in [9.17, 15) is 5.11 Å². The van der Waals surface area contributed by atoms with Crippen LogP contribution in [0.3, 0.4) is 0 Å². The average molecular weight is 467 g/mol. The predicted molar refractivity (Wildman–Crippen MR) is 122 cm³/mol. The maximum absolute atomic E-state index is 10.3. The van der Waals surface area contributed by atoms with E-state index < -0.39 is 6.10 Å². The van der Waals surface area contributed by atoms with Gasteiger partial charge >= 0.3 is 0 Å². The summed E-state index contributed by atoms with van der Waals surface area (Å²) in [6.07, 6.45) is -0.591. The fourth-order valence-electron chi connectivity index (χ4n) is 2.98. The summed E-state index contributed by atoms with van der Waals surface area (Å²) in [6.45, 7) is 1.08. The molecule has 1 unspecified atom stereocenters. The van der Waals surface area contributed by atoms with Crippen LogP contribution in [0.15, 0.2) is 60.7 Å². The van der Waals surface area contributed by atoms with Crippen LogP contribution in [0.25, 0.3) is 0 Å². The Morgan fingerprint density at radius 2 is 1.63 bits per heavy atom. The Morgan fingerprint density at radius 1 is 0.933 bits per heavy atom. The Kier molecular flexibility index (Phi) is 8.25. The number of rotatable bonds is 9. The van der Waals surface area contributed by atoms with Crippen LogP contribution in [-0.4, -0.2) is 18.8 Å². The first-order valence-corrected chi connectivity index (χ1v) is 10.5. The molecule has 0 aliphatic rings. The van der Waals surface area contributed by atoms with Crippen LogP contribution >= 0.6 is 34.8 Å². The third kappa shape index (κ3) is 5.81. The maximum atomic E-state index is 10.3. The van der Waals surface area contributed by atoms with Gasteiger partial charge in [-0.3, -0.25) is 0 Å². The Hall–Kier alpha value is -1.95. The van der Waals surface area contributed by atoms with Gasteiger partial charge in [0.2, 0.25) is 0 Å². The summed E-state index contributed by atoms with van der Waals surface area (Å²) >= 11 is 18.9. The SMILES string of the molecule is COc1cc(CNCC(O)c2ccccc2)cc(Cl)c1OCc1c(Cl)cccc1Cl. The summed E-state index contributed by atoms with van der Waals surface area (Å²) in [5.74, 6) is 0.925. The van der Waals surface area contributed by atoms with Crippen molar-refractivity contribution in [1.82, 2.24) is 5.32 Å². The molecule has 0 saturated heterocycles. The van der Waals surface area contributed by atoms with Gasteiger partial charge in [0.15, 0.2) is 11.5 Å². The molecule has 3 rings (SSSR count). The van der Waals surface area contributed by atoms with Crippen molar-refractivity contribution in [3.05, 3.63) is 92.4 Å². The Labute approximate surface area is 191 Å². The molecule has 2 N–H and O–H groups in total. The first-order chi connectivity index (χ1) is 14.5. The van der Waals surface area contributed by atoms with E-state index >= 15 is 0 Å². The standard InChI is InChI=1S/C23H22Cl3NO3/c1-29-22-11-15(12-27-13-21(28)16-6-3-2-4-7-16)10-20(26)23(22)30-14-17-18(24)8-5-9-19(17)25/h2-11,21,27-28H,12-14H2,1H3. The van der Waals surface area contributed by atoms with Gasteiger partial charge in [-0.05, 0) is 35.4 Å². The van der Waals surface area contributed by atoms with Crippen LogP contribution in [0, 0.1) is 0 Å². The van der Waals surface area contributed by atoms with E-state index in [0.29, 0.717) is 45.2 Å². The lowest BCUT2D eigenvalue weighted by Crippen LogP contribution is -2.21. The third-order valence-electron chi connectivity index (χ3n) is 4.56. The molecule has 0 spiro atoms. The van der Waals surface area contributed by atoms with Crippen LogP contribution in [0.2, 0.25) is 15.1 Å². The van der Waals surface area contributed by atoms with Crippen molar-refractivity contribution >= 4 is 34.8 Å². The number of aliphatic hydroxyl groups excluding tert-OH is 1. The van der Waals surface area contributed by atoms with Gasteiger partial charge in [-0.1, -0.05) is 71.2 Å². The molecule has 158 valence electrons. The number of halogens is 3. The molecule has 7 heteroatoms. The van der Waals surface area contributed by atoms with Crippen molar-refractivity contribution in [2.45, 2.75) is 19.3 Å². The van der Waals surface area contributed by atoms with Crippen LogP contribution in [0.4, 0.5) is 0 Å². The van der Waals surface area contributed by atoms with E-state index in [1.165, 1.54) is 0 Å². The van der Waals surface area contributed by atoms with Crippen molar-refractivity contribution in [2.24, 2.45) is 0 Å². The first-order valence-electron chi connectivity index (χ1n) is 9.35. The number of hydrogen-bond acceptors (Lipinski definition) is 4. The molecule has 0 saturated carbocycles. The van der Waals surface area contributed by atoms with Crippen molar-refractivity contribution in [3.63, 3.8) is 0 Å². The second-order valence-electron chi connectivity index (χ2n) is 6.66. The molecule has 0 aliphatic heterocycles. The van der Waals surface area contributed by atoms with Gasteiger partial charge in [0, 0.05) is 28.7 Å². The Morgan fingerprint density at radius 3 is 2.30 bits per heavy atom. The van der Waals surface area contributed by atoms with E-state index in [0.717, 1.165) is 11.1 Å². The summed E-state index contributed by atoms with van der Waals surface area (Å²) < 4.78 is 11.3. The molecule has 0 radical (unpaired) electrons. The van der Waals surface area contributed by atoms with Gasteiger partial charge in [-0.25, -0.2) is 0 Å². The molecule has 0 heterocycles. The average Bonchev–Trinajstić information content (AvgIpc) is 2.74. The van der Waals surface area contributed by atoms with E-state index in [4.69, 9.17) is 44.3 Å². The zero-order valence-electron chi connectivity index (χ0n) is 16.4. The maximum Gasteiger partial charge on any atom is 0.180 e. The Bertz CT molecular complexity index is 963. The van der Waals surface area contributed by atoms with Gasteiger partial charge in [-0.15, -0.1) is 0 Å². The minimum absolute atomic E-state index is 0.162. The quantitative estimate of drug-likeness (QED) is 0.402. The highest BCUT2D eigenvalue weighted by atomic mass is 35.5. The molecule has 0 bridgehead atoms. The summed E-state index contributed by atoms with van der Waals surface area (Å²) in [4.78, 5) is 0. The minimum Gasteiger partial charge on any atom is -0.493 e. The normalized spacial score (nSPS) is 11.9. The van der Waals surface area contributed by atoms with Gasteiger partial charge in [0.05, 0.1) is 18.2 Å². The van der Waals surface area contributed by atoms with E-state index in [-0.39, 0.29) is 6.61 Å². The number of ether oxygens (including phenoxy) is 2. The molecule has 0 fully saturated rings. The largest absolute Gasteiger partial charge is 0.493 e. The summed E-state index contributed by atoms with van der Waals surface area (Å²) in [5.41, 5.74) is 2.45. The van der Waals surface area contributed by atoms with Gasteiger partial charge < -0.3 is 19.9 Å². The summed E-state index contributed by atoms with van der Waals surface area (Å²) in [5, 5.41) is 15.0. The van der Waals surface area contributed by atoms with Crippen molar-refractivity contribution in [2.75, 3.05) is 13.7 Å². The highest BCUT2D eigenvalue weighted by Gasteiger charge is 2.15. The number of nitrogens with one attached hydrogen (secondary N) is 1. The molecular formula is C23H22Cl3NO3. The lowest BCUT2D eigenvalue weighted by molar-refractivity contribution is 0.174. The highest BCUT2D eigenvalue weighted by molar-refractivity contribution is 6.36. The summed E-state index contributed by atoms with van der Waals surface area (Å²) in [6, 6.07) is 18.4. The van der Waals surface area contributed by atoms with Gasteiger partial charge in [-0.2, -0.15) is 0 Å². The zero-order valence-corrected chi connectivity index (χ0v) is 18.6. The first kappa shape index (κ1) is 22.7. The molecule has 3 aromatic carbocycles. The second kappa shape index (κ2) is 10.9. The molecule has 0 aromatic heterocycles. The number of benzene rings is 3. The van der Waals surface area contributed by atoms with Gasteiger partial charge in [0.1, 0.15) is 6.61 Å². The third-order valence-corrected chi connectivity index (χ3v) is 5.55. The topological polar surface area (TPSA) is 50.7 Å². The van der Waals surface area contributed by atoms with Crippen LogP contribution < -0.4 is 14.8 Å². The molecule has 30 heavy (non-hydrogen) atoms. The molecular weight excluding hydrogens is 445 g/mol. The number of aliphatic hydroxyl groups is 1. The monoisotopic (exact) mass is 465 g/mol. The fraction of sp³-hybridized carbons (Fsp3) is 0.217. The number of hydrogen-bond donors (Lipinski definition) is 2. The van der Waals surface area contributed by atoms with Crippen LogP contribution in [0.1, 0.15) is 22.8 Å². The second-order valence-corrected chi connectivity index (χ2v) is 7.88. The van der Waals surface area contributed by atoms with Gasteiger partial charge in [0.25, 0.3) is 0 Å². The molecule has 0 amide bonds. The molecule has 0 aliphatic carbocycles. The van der Waals surface area contributed by atoms with Crippen molar-refractivity contribution < 1.29 is 14.6 Å². The van der Waals surface area contributed by atoms with E-state index in [1.807, 2.05) is 36.4 Å². The zero-order chi connectivity index (χ0) is 21.5. The van der Waals surface area contributed by atoms with Crippen LogP contribution in [-0.2, 0) is 13.2 Å². The lowest BCUT2D eigenvalue weighted by atomic mass is 10.1. The number of methoxy groups -OCH3 is 1. The predicted octanol–water partition coefficient (Wildman–Crippen LogP) is 6.06. The molecule has 1 atom stereocenters. The highest BCUT2D eigenvalue weighted by Crippen LogP contribution is 2.38. The smallest absolute Gasteiger partial charge is 0.180 e. The fourth-order valence-corrected chi connectivity index (χ4v) is 3.77. The Balaban J connectivity index is 1.65. The molecule has 4 nitrogen and oxygen atoms in total. The van der Waals surface area contributed by atoms with Crippen LogP contribution in [0.5, 0.6) is 11.5 Å². The minimum atomic E-state index is -0.591. The molecule has 3 aromatic rings.